The molecule has 0 spiro atoms. The second kappa shape index (κ2) is 6.23. The zero-order valence-corrected chi connectivity index (χ0v) is 10.0. The fraction of sp³-hybridized carbons (Fsp3) is 0.364. The molecule has 0 unspecified atom stereocenters. The molecule has 0 aliphatic rings. The maximum Gasteiger partial charge on any atom is 0.129 e. The van der Waals surface area contributed by atoms with Gasteiger partial charge in [0.2, 0.25) is 0 Å². The molecule has 1 heterocycles. The molecule has 0 aliphatic carbocycles. The summed E-state index contributed by atoms with van der Waals surface area (Å²) in [6.07, 6.45) is 3.56. The molecule has 0 aliphatic heterocycles. The van der Waals surface area contributed by atoms with Crippen LogP contribution in [0.2, 0.25) is 5.15 Å². The van der Waals surface area contributed by atoms with Crippen LogP contribution in [0.25, 0.3) is 0 Å². The molecular formula is C11H14ClN3O. The average Bonchev–Trinajstić information content (AvgIpc) is 2.21. The van der Waals surface area contributed by atoms with E-state index >= 15 is 0 Å². The zero-order chi connectivity index (χ0) is 12.0. The second-order valence-electron chi connectivity index (χ2n) is 3.72. The van der Waals surface area contributed by atoms with Gasteiger partial charge in [-0.2, -0.15) is 0 Å². The molecule has 1 N–H and O–H groups in total. The van der Waals surface area contributed by atoms with Crippen molar-refractivity contribution >= 4 is 11.6 Å². The van der Waals surface area contributed by atoms with Crippen LogP contribution in [0, 0.1) is 4.91 Å². The van der Waals surface area contributed by atoms with Gasteiger partial charge in [0.1, 0.15) is 5.15 Å². The van der Waals surface area contributed by atoms with E-state index in [-0.39, 0.29) is 6.04 Å². The minimum absolute atomic E-state index is 0.258. The van der Waals surface area contributed by atoms with Crippen molar-refractivity contribution in [1.82, 2.24) is 10.3 Å². The van der Waals surface area contributed by atoms with Gasteiger partial charge in [-0.1, -0.05) is 17.7 Å². The van der Waals surface area contributed by atoms with Gasteiger partial charge in [0.25, 0.3) is 0 Å². The fourth-order valence-electron chi connectivity index (χ4n) is 1.30. The third-order valence-electron chi connectivity index (χ3n) is 1.87. The highest BCUT2D eigenvalue weighted by molar-refractivity contribution is 6.29. The summed E-state index contributed by atoms with van der Waals surface area (Å²) in [4.78, 5) is 14.2. The van der Waals surface area contributed by atoms with Crippen LogP contribution in [-0.2, 0) is 6.42 Å². The van der Waals surface area contributed by atoms with Crippen molar-refractivity contribution in [2.24, 2.45) is 5.18 Å². The third kappa shape index (κ3) is 4.40. The van der Waals surface area contributed by atoms with Crippen molar-refractivity contribution in [1.29, 1.82) is 0 Å². The highest BCUT2D eigenvalue weighted by atomic mass is 35.5. The number of pyridine rings is 1. The van der Waals surface area contributed by atoms with Gasteiger partial charge in [0.15, 0.2) is 0 Å². The number of nitroso groups, excluding NO2 is 1. The smallest absolute Gasteiger partial charge is 0.129 e. The number of rotatable bonds is 5. The van der Waals surface area contributed by atoms with Crippen LogP contribution in [0.3, 0.4) is 0 Å². The van der Waals surface area contributed by atoms with Crippen LogP contribution in [0.1, 0.15) is 19.4 Å². The number of nitrogens with one attached hydrogen (secondary N) is 1. The number of nitrogens with zero attached hydrogens (tertiary/aromatic N) is 2. The number of hydrogen-bond acceptors (Lipinski definition) is 4. The van der Waals surface area contributed by atoms with E-state index in [2.05, 4.69) is 15.5 Å². The molecule has 0 saturated carbocycles. The van der Waals surface area contributed by atoms with Crippen LogP contribution in [0.15, 0.2) is 35.4 Å². The first-order valence-corrected chi connectivity index (χ1v) is 5.38. The first-order chi connectivity index (χ1) is 7.61. The van der Waals surface area contributed by atoms with Crippen molar-refractivity contribution in [3.05, 3.63) is 45.9 Å². The van der Waals surface area contributed by atoms with Gasteiger partial charge >= 0.3 is 0 Å². The topological polar surface area (TPSA) is 54.4 Å². The molecule has 1 aromatic rings. The Kier molecular flexibility index (Phi) is 4.92. The summed E-state index contributed by atoms with van der Waals surface area (Å²) in [5.74, 6) is 0. The monoisotopic (exact) mass is 239 g/mol. The zero-order valence-electron chi connectivity index (χ0n) is 9.27. The summed E-state index contributed by atoms with van der Waals surface area (Å²) in [5.41, 5.74) is 1.75. The summed E-state index contributed by atoms with van der Waals surface area (Å²) >= 11 is 5.68. The number of aromatic nitrogens is 1. The van der Waals surface area contributed by atoms with E-state index in [9.17, 15) is 4.91 Å². The molecule has 5 heteroatoms. The maximum atomic E-state index is 10.2. The van der Waals surface area contributed by atoms with Gasteiger partial charge in [-0.25, -0.2) is 4.98 Å². The standard InChI is InChI=1S/C11H14ClN3O/c1-8(2)15-10(7-14-16)5-9-3-4-11(12)13-6-9/h3-4,6-8,15H,5H2,1-2H3/b10-7-. The molecule has 16 heavy (non-hydrogen) atoms. The van der Waals surface area contributed by atoms with E-state index < -0.39 is 0 Å². The average molecular weight is 240 g/mol. The first kappa shape index (κ1) is 12.6. The van der Waals surface area contributed by atoms with Crippen LogP contribution in [-0.4, -0.2) is 11.0 Å². The second-order valence-corrected chi connectivity index (χ2v) is 4.11. The fourth-order valence-corrected chi connectivity index (χ4v) is 1.41. The van der Waals surface area contributed by atoms with Crippen molar-refractivity contribution in [3.8, 4) is 0 Å². The minimum Gasteiger partial charge on any atom is -0.385 e. The van der Waals surface area contributed by atoms with Crippen LogP contribution < -0.4 is 5.32 Å². The van der Waals surface area contributed by atoms with Gasteiger partial charge in [-0.3, -0.25) is 0 Å². The SMILES string of the molecule is CC(C)N/C(=C\N=O)Cc1ccc(Cl)nc1. The Morgan fingerprint density at radius 2 is 2.38 bits per heavy atom. The van der Waals surface area contributed by atoms with E-state index in [0.29, 0.717) is 11.6 Å². The third-order valence-corrected chi connectivity index (χ3v) is 2.09. The summed E-state index contributed by atoms with van der Waals surface area (Å²) in [7, 11) is 0. The molecule has 0 bridgehead atoms. The number of allylic oxidation sites excluding steroid dienone is 1. The van der Waals surface area contributed by atoms with Crippen LogP contribution in [0.5, 0.6) is 0 Å². The van der Waals surface area contributed by atoms with Crippen LogP contribution in [0.4, 0.5) is 0 Å². The maximum absolute atomic E-state index is 10.2. The van der Waals surface area contributed by atoms with Gasteiger partial charge in [-0.15, -0.1) is 4.91 Å². The summed E-state index contributed by atoms with van der Waals surface area (Å²) in [5, 5.41) is 6.39. The van der Waals surface area contributed by atoms with E-state index in [1.807, 2.05) is 19.9 Å². The Balaban J connectivity index is 2.72. The Morgan fingerprint density at radius 1 is 1.62 bits per heavy atom. The summed E-state index contributed by atoms with van der Waals surface area (Å²) < 4.78 is 0. The molecule has 0 amide bonds. The Hall–Kier alpha value is -1.42. The van der Waals surface area contributed by atoms with Gasteiger partial charge < -0.3 is 5.32 Å². The molecule has 1 aromatic heterocycles. The molecule has 0 atom stereocenters. The molecule has 0 aromatic carbocycles. The summed E-state index contributed by atoms with van der Waals surface area (Å²) in [6.45, 7) is 4.00. The number of halogens is 1. The number of hydrogen-bond donors (Lipinski definition) is 1. The van der Waals surface area contributed by atoms with Crippen molar-refractivity contribution in [2.75, 3.05) is 0 Å². The van der Waals surface area contributed by atoms with Crippen LogP contribution >= 0.6 is 11.6 Å². The molecule has 1 rings (SSSR count). The van der Waals surface area contributed by atoms with Gasteiger partial charge in [0.05, 0.1) is 6.20 Å². The minimum atomic E-state index is 0.258. The van der Waals surface area contributed by atoms with Gasteiger partial charge in [-0.05, 0) is 30.7 Å². The molecule has 0 radical (unpaired) electrons. The predicted octanol–water partition coefficient (Wildman–Crippen LogP) is 2.88. The van der Waals surface area contributed by atoms with E-state index in [1.54, 1.807) is 12.3 Å². The van der Waals surface area contributed by atoms with E-state index in [1.165, 1.54) is 6.20 Å². The Bertz CT molecular complexity index is 373. The van der Waals surface area contributed by atoms with Gasteiger partial charge in [0, 0.05) is 24.4 Å². The highest BCUT2D eigenvalue weighted by Crippen LogP contribution is 2.09. The Morgan fingerprint density at radius 3 is 2.88 bits per heavy atom. The first-order valence-electron chi connectivity index (χ1n) is 5.00. The van der Waals surface area contributed by atoms with E-state index in [0.717, 1.165) is 11.3 Å². The largest absolute Gasteiger partial charge is 0.385 e. The van der Waals surface area contributed by atoms with Crippen molar-refractivity contribution < 1.29 is 0 Å². The highest BCUT2D eigenvalue weighted by Gasteiger charge is 2.02. The van der Waals surface area contributed by atoms with Crippen molar-refractivity contribution in [3.63, 3.8) is 0 Å². The summed E-state index contributed by atoms with van der Waals surface area (Å²) in [6, 6.07) is 3.85. The predicted molar refractivity (Wildman–Crippen MR) is 65.1 cm³/mol. The normalized spacial score (nSPS) is 11.6. The lowest BCUT2D eigenvalue weighted by molar-refractivity contribution is 0.653. The molecular weight excluding hydrogens is 226 g/mol. The Labute approximate surface area is 99.7 Å². The molecule has 4 nitrogen and oxygen atoms in total. The lowest BCUT2D eigenvalue weighted by atomic mass is 10.1. The molecule has 0 fully saturated rings. The molecule has 86 valence electrons. The lowest BCUT2D eigenvalue weighted by Gasteiger charge is -2.12. The molecule has 0 saturated heterocycles. The quantitative estimate of drug-likeness (QED) is 0.635. The lowest BCUT2D eigenvalue weighted by Crippen LogP contribution is -2.23. The van der Waals surface area contributed by atoms with E-state index in [4.69, 9.17) is 11.6 Å². The van der Waals surface area contributed by atoms with Crippen molar-refractivity contribution in [2.45, 2.75) is 26.3 Å².